The molecule has 0 aromatic heterocycles. The summed E-state index contributed by atoms with van der Waals surface area (Å²) < 4.78 is 5.80. The summed E-state index contributed by atoms with van der Waals surface area (Å²) in [5, 5.41) is 14.3. The molecule has 3 aromatic carbocycles. The molecule has 3 aromatic rings. The number of rotatable bonds is 3. The Hall–Kier alpha value is -1.84. The Balaban J connectivity index is 2.54. The predicted molar refractivity (Wildman–Crippen MR) is 83.3 cm³/mol. The van der Waals surface area contributed by atoms with E-state index < -0.39 is 6.10 Å². The molecule has 0 fully saturated rings. The van der Waals surface area contributed by atoms with Crippen molar-refractivity contribution in [2.24, 2.45) is 0 Å². The summed E-state index contributed by atoms with van der Waals surface area (Å²) >= 11 is 0. The highest BCUT2D eigenvalue weighted by atomic mass is 28.1. The van der Waals surface area contributed by atoms with Gasteiger partial charge in [0.1, 0.15) is 5.75 Å². The first kappa shape index (κ1) is 13.2. The Kier molecular flexibility index (Phi) is 3.47. The summed E-state index contributed by atoms with van der Waals surface area (Å²) in [6, 6.07) is 16.1. The fourth-order valence-electron chi connectivity index (χ4n) is 2.80. The Bertz CT molecular complexity index is 708. The van der Waals surface area contributed by atoms with Crippen LogP contribution in [0.2, 0.25) is 0 Å². The second-order valence-corrected chi connectivity index (χ2v) is 5.09. The molecule has 0 aliphatic heterocycles. The first-order chi connectivity index (χ1) is 9.74. The third kappa shape index (κ3) is 1.99. The number of benzene rings is 3. The molecule has 0 bridgehead atoms. The number of hydrogen-bond donors (Lipinski definition) is 1. The van der Waals surface area contributed by atoms with Gasteiger partial charge in [0, 0.05) is 10.8 Å². The molecule has 99 valence electrons. The molecule has 20 heavy (non-hydrogen) atoms. The van der Waals surface area contributed by atoms with Crippen LogP contribution >= 0.6 is 0 Å². The summed E-state index contributed by atoms with van der Waals surface area (Å²) in [4.78, 5) is 0. The van der Waals surface area contributed by atoms with Gasteiger partial charge in [0.15, 0.2) is 0 Å². The van der Waals surface area contributed by atoms with E-state index >= 15 is 0 Å². The molecule has 3 rings (SSSR count). The maximum absolute atomic E-state index is 10.2. The summed E-state index contributed by atoms with van der Waals surface area (Å²) in [6.07, 6.45) is -0.0930. The second-order valence-electron chi connectivity index (χ2n) is 4.80. The van der Waals surface area contributed by atoms with E-state index in [1.807, 2.05) is 48.5 Å². The van der Waals surface area contributed by atoms with Crippen LogP contribution in [-0.2, 0) is 0 Å². The minimum atomic E-state index is -0.526. The summed E-state index contributed by atoms with van der Waals surface area (Å²) in [5.74, 6) is 0.857. The average Bonchev–Trinajstić information content (AvgIpc) is 2.47. The van der Waals surface area contributed by atoms with Crippen LogP contribution in [0.4, 0.5) is 0 Å². The first-order valence-corrected chi connectivity index (χ1v) is 7.33. The van der Waals surface area contributed by atoms with Crippen molar-refractivity contribution in [2.45, 2.75) is 13.0 Å². The van der Waals surface area contributed by atoms with E-state index in [4.69, 9.17) is 4.74 Å². The average molecular weight is 279 g/mol. The van der Waals surface area contributed by atoms with E-state index in [1.165, 1.54) is 0 Å². The molecule has 0 amide bonds. The van der Waals surface area contributed by atoms with Crippen molar-refractivity contribution in [1.29, 1.82) is 0 Å². The van der Waals surface area contributed by atoms with Crippen LogP contribution < -0.4 is 4.74 Å². The van der Waals surface area contributed by atoms with Crippen LogP contribution in [0.1, 0.15) is 18.6 Å². The normalized spacial score (nSPS) is 12.8. The number of aliphatic hydroxyl groups is 1. The monoisotopic (exact) mass is 279 g/mol. The molecule has 3 heteroatoms. The van der Waals surface area contributed by atoms with Crippen molar-refractivity contribution in [3.63, 3.8) is 0 Å². The van der Waals surface area contributed by atoms with Crippen LogP contribution in [0, 0.1) is 0 Å². The van der Waals surface area contributed by atoms with Gasteiger partial charge in [-0.2, -0.15) is 0 Å². The molecule has 2 nitrogen and oxygen atoms in total. The lowest BCUT2D eigenvalue weighted by Crippen LogP contribution is -2.01. The van der Waals surface area contributed by atoms with Gasteiger partial charge < -0.3 is 9.84 Å². The number of hydrogen-bond acceptors (Lipinski definition) is 2. The van der Waals surface area contributed by atoms with Crippen LogP contribution in [0.15, 0.2) is 48.5 Å². The maximum atomic E-state index is 10.2. The minimum absolute atomic E-state index is 0.433. The van der Waals surface area contributed by atoms with Crippen LogP contribution in [0.3, 0.4) is 0 Å². The zero-order valence-corrected chi connectivity index (χ0v) is 12.3. The van der Waals surface area contributed by atoms with E-state index in [-0.39, 0.29) is 0 Å². The molecular weight excluding hydrogens is 264 g/mol. The highest BCUT2D eigenvalue weighted by Gasteiger charge is 2.16. The van der Waals surface area contributed by atoms with Gasteiger partial charge >= 0.3 is 0 Å². The summed E-state index contributed by atoms with van der Waals surface area (Å²) in [5.41, 5.74) is 0.956. The fourth-order valence-corrected chi connectivity index (χ4v) is 2.94. The Morgan fingerprint density at radius 3 is 1.80 bits per heavy atom. The van der Waals surface area contributed by atoms with Gasteiger partial charge in [-0.25, -0.2) is 0 Å². The fraction of sp³-hybridized carbons (Fsp3) is 0.176. The van der Waals surface area contributed by atoms with Gasteiger partial charge in [0.05, 0.1) is 22.6 Å². The summed E-state index contributed by atoms with van der Waals surface area (Å²) in [7, 11) is 3.38. The second kappa shape index (κ2) is 5.27. The van der Waals surface area contributed by atoms with Crippen LogP contribution in [0.5, 0.6) is 5.75 Å². The Morgan fingerprint density at radius 1 is 0.950 bits per heavy atom. The molecule has 1 N–H and O–H groups in total. The largest absolute Gasteiger partial charge is 0.497 e. The third-order valence-corrected chi connectivity index (χ3v) is 3.70. The lowest BCUT2D eigenvalue weighted by molar-refractivity contribution is 0.202. The van der Waals surface area contributed by atoms with Crippen LogP contribution in [-0.4, -0.2) is 21.6 Å². The van der Waals surface area contributed by atoms with Gasteiger partial charge in [-0.1, -0.05) is 48.5 Å². The standard InChI is InChI=1S/C17H15O2Si/c1-11(18)16-12-6-2-4-8-14(12)17(19-10-20)15-9-5-3-7-13(15)16/h2-9,11,18H,10H2,1H3. The van der Waals surface area contributed by atoms with Crippen molar-refractivity contribution in [3.05, 3.63) is 54.1 Å². The first-order valence-electron chi connectivity index (χ1n) is 6.63. The van der Waals surface area contributed by atoms with Gasteiger partial charge in [-0.3, -0.25) is 0 Å². The summed E-state index contributed by atoms with van der Waals surface area (Å²) in [6.45, 7) is 1.80. The molecule has 0 spiro atoms. The highest BCUT2D eigenvalue weighted by Crippen LogP contribution is 2.40. The highest BCUT2D eigenvalue weighted by molar-refractivity contribution is 6.11. The van der Waals surface area contributed by atoms with Gasteiger partial charge in [0.2, 0.25) is 0 Å². The lowest BCUT2D eigenvalue weighted by atomic mass is 9.93. The molecule has 0 aliphatic carbocycles. The topological polar surface area (TPSA) is 29.5 Å². The van der Waals surface area contributed by atoms with Crippen LogP contribution in [0.25, 0.3) is 21.5 Å². The van der Waals surface area contributed by atoms with E-state index in [0.29, 0.717) is 6.23 Å². The van der Waals surface area contributed by atoms with Crippen molar-refractivity contribution < 1.29 is 9.84 Å². The molecule has 0 aliphatic rings. The number of aliphatic hydroxyl groups excluding tert-OH is 1. The zero-order chi connectivity index (χ0) is 14.1. The molecular formula is C17H15O2Si. The third-order valence-electron chi connectivity index (χ3n) is 3.56. The van der Waals surface area contributed by atoms with Crippen molar-refractivity contribution in [3.8, 4) is 5.75 Å². The van der Waals surface area contributed by atoms with E-state index in [9.17, 15) is 5.11 Å². The maximum Gasteiger partial charge on any atom is 0.134 e. The SMILES string of the molecule is CC(O)c1c2ccccc2c(OC[Si])c2ccccc12. The molecule has 3 radical (unpaired) electrons. The predicted octanol–water partition coefficient (Wildman–Crippen LogP) is 3.55. The lowest BCUT2D eigenvalue weighted by Gasteiger charge is -2.18. The molecule has 1 atom stereocenters. The van der Waals surface area contributed by atoms with Crippen molar-refractivity contribution in [1.82, 2.24) is 0 Å². The smallest absolute Gasteiger partial charge is 0.134 e. The molecule has 1 unspecified atom stereocenters. The Labute approximate surface area is 121 Å². The van der Waals surface area contributed by atoms with E-state index in [1.54, 1.807) is 6.92 Å². The quantitative estimate of drug-likeness (QED) is 0.587. The van der Waals surface area contributed by atoms with Crippen molar-refractivity contribution in [2.75, 3.05) is 6.23 Å². The van der Waals surface area contributed by atoms with Gasteiger partial charge in [0.25, 0.3) is 0 Å². The van der Waals surface area contributed by atoms with Crippen molar-refractivity contribution >= 4 is 31.8 Å². The van der Waals surface area contributed by atoms with E-state index in [2.05, 4.69) is 10.2 Å². The van der Waals surface area contributed by atoms with Gasteiger partial charge in [-0.15, -0.1) is 0 Å². The zero-order valence-electron chi connectivity index (χ0n) is 11.3. The molecule has 0 saturated carbocycles. The number of ether oxygens (including phenoxy) is 1. The van der Waals surface area contributed by atoms with Gasteiger partial charge in [-0.05, 0) is 23.3 Å². The van der Waals surface area contributed by atoms with E-state index in [0.717, 1.165) is 32.9 Å². The Morgan fingerprint density at radius 2 is 1.40 bits per heavy atom. The molecule has 0 heterocycles. The number of fused-ring (bicyclic) bond motifs is 2. The minimum Gasteiger partial charge on any atom is -0.497 e. The molecule has 0 saturated heterocycles.